The van der Waals surface area contributed by atoms with Gasteiger partial charge >= 0.3 is 0 Å². The van der Waals surface area contributed by atoms with Crippen LogP contribution in [0.5, 0.6) is 0 Å². The van der Waals surface area contributed by atoms with Gasteiger partial charge in [-0.2, -0.15) is 0 Å². The average Bonchev–Trinajstić information content (AvgIpc) is 3.16. The first-order chi connectivity index (χ1) is 16.0. The number of hydrogen-bond donors (Lipinski definition) is 1. The Bertz CT molecular complexity index is 1330. The van der Waals surface area contributed by atoms with Gasteiger partial charge in [0.2, 0.25) is 0 Å². The molecule has 1 aliphatic rings. The Morgan fingerprint density at radius 1 is 1.12 bits per heavy atom. The van der Waals surface area contributed by atoms with Crippen LogP contribution in [0.25, 0.3) is 11.0 Å². The SMILES string of the molecule is Cc1cc(Nc2ncccc2C)cc([C@H]2CN(C(=O)c3oc4ccccc4c3C)CCO2)n1. The van der Waals surface area contributed by atoms with Gasteiger partial charge in [0.15, 0.2) is 5.76 Å². The number of benzene rings is 1. The topological polar surface area (TPSA) is 80.5 Å². The highest BCUT2D eigenvalue weighted by Gasteiger charge is 2.30. The first-order valence-electron chi connectivity index (χ1n) is 11.1. The maximum Gasteiger partial charge on any atom is 0.290 e. The predicted octanol–water partition coefficient (Wildman–Crippen LogP) is 5.11. The van der Waals surface area contributed by atoms with E-state index in [0.717, 1.165) is 45.0 Å². The molecule has 7 heteroatoms. The number of amides is 1. The molecular formula is C26H26N4O3. The molecule has 0 bridgehead atoms. The minimum atomic E-state index is -0.322. The second-order valence-electron chi connectivity index (χ2n) is 8.38. The second kappa shape index (κ2) is 8.67. The summed E-state index contributed by atoms with van der Waals surface area (Å²) >= 11 is 0. The third-order valence-corrected chi connectivity index (χ3v) is 5.97. The van der Waals surface area contributed by atoms with Gasteiger partial charge in [0.25, 0.3) is 5.91 Å². The largest absolute Gasteiger partial charge is 0.451 e. The van der Waals surface area contributed by atoms with Crippen molar-refractivity contribution in [3.05, 3.63) is 83.0 Å². The standard InChI is InChI=1S/C26H26N4O3/c1-16-7-6-10-27-25(16)29-19-13-17(2)28-21(14-19)23-15-30(11-12-32-23)26(31)24-18(3)20-8-4-5-9-22(20)33-24/h4-10,13-14,23H,11-12,15H2,1-3H3,(H,27,28,29)/t23-/m1/s1. The minimum Gasteiger partial charge on any atom is -0.451 e. The number of furan rings is 1. The molecular weight excluding hydrogens is 416 g/mol. The molecule has 7 nitrogen and oxygen atoms in total. The quantitative estimate of drug-likeness (QED) is 0.473. The number of morpholine rings is 1. The molecule has 0 aliphatic carbocycles. The Morgan fingerprint density at radius 3 is 2.79 bits per heavy atom. The number of nitrogens with one attached hydrogen (secondary N) is 1. The molecule has 168 valence electrons. The van der Waals surface area contributed by atoms with E-state index in [-0.39, 0.29) is 12.0 Å². The summed E-state index contributed by atoms with van der Waals surface area (Å²) in [5, 5.41) is 4.34. The number of carbonyl (C=O) groups is 1. The van der Waals surface area contributed by atoms with Crippen molar-refractivity contribution in [3.63, 3.8) is 0 Å². The van der Waals surface area contributed by atoms with Gasteiger partial charge in [0.05, 0.1) is 18.8 Å². The van der Waals surface area contributed by atoms with Crippen LogP contribution in [0, 0.1) is 20.8 Å². The summed E-state index contributed by atoms with van der Waals surface area (Å²) in [6.07, 6.45) is 1.44. The summed E-state index contributed by atoms with van der Waals surface area (Å²) < 4.78 is 11.9. The predicted molar refractivity (Wildman–Crippen MR) is 127 cm³/mol. The van der Waals surface area contributed by atoms with Gasteiger partial charge < -0.3 is 19.4 Å². The number of fused-ring (bicyclic) bond motifs is 1. The van der Waals surface area contributed by atoms with Gasteiger partial charge in [-0.1, -0.05) is 24.3 Å². The molecule has 1 aliphatic heterocycles. The zero-order valence-electron chi connectivity index (χ0n) is 19.0. The number of pyridine rings is 2. The number of hydrogen-bond acceptors (Lipinski definition) is 6. The van der Waals surface area contributed by atoms with E-state index in [0.29, 0.717) is 25.5 Å². The highest BCUT2D eigenvalue weighted by molar-refractivity contribution is 5.99. The summed E-state index contributed by atoms with van der Waals surface area (Å²) in [6.45, 7) is 7.25. The number of para-hydroxylation sites is 1. The van der Waals surface area contributed by atoms with Crippen LogP contribution in [-0.4, -0.2) is 40.5 Å². The van der Waals surface area contributed by atoms with Crippen molar-refractivity contribution in [2.75, 3.05) is 25.0 Å². The van der Waals surface area contributed by atoms with Crippen molar-refractivity contribution in [2.24, 2.45) is 0 Å². The van der Waals surface area contributed by atoms with E-state index in [9.17, 15) is 4.79 Å². The van der Waals surface area contributed by atoms with Gasteiger partial charge in [-0.25, -0.2) is 4.98 Å². The number of carbonyl (C=O) groups excluding carboxylic acids is 1. The Labute approximate surface area is 192 Å². The van der Waals surface area contributed by atoms with Crippen molar-refractivity contribution in [1.29, 1.82) is 0 Å². The molecule has 4 aromatic rings. The fourth-order valence-corrected chi connectivity index (χ4v) is 4.22. The lowest BCUT2D eigenvalue weighted by molar-refractivity contribution is -0.0256. The van der Waals surface area contributed by atoms with Crippen LogP contribution in [0.1, 0.15) is 39.2 Å². The molecule has 1 aromatic carbocycles. The lowest BCUT2D eigenvalue weighted by Crippen LogP contribution is -2.42. The van der Waals surface area contributed by atoms with Gasteiger partial charge in [-0.15, -0.1) is 0 Å². The van der Waals surface area contributed by atoms with Crippen molar-refractivity contribution in [2.45, 2.75) is 26.9 Å². The Hall–Kier alpha value is -3.71. The van der Waals surface area contributed by atoms with Crippen LogP contribution in [0.3, 0.4) is 0 Å². The molecule has 1 amide bonds. The van der Waals surface area contributed by atoms with Crippen molar-refractivity contribution >= 4 is 28.4 Å². The molecule has 0 saturated carbocycles. The van der Waals surface area contributed by atoms with E-state index in [4.69, 9.17) is 14.1 Å². The molecule has 5 rings (SSSR count). The van der Waals surface area contributed by atoms with Crippen molar-refractivity contribution < 1.29 is 13.9 Å². The number of ether oxygens (including phenoxy) is 1. The zero-order chi connectivity index (χ0) is 22.9. The highest BCUT2D eigenvalue weighted by atomic mass is 16.5. The Kier molecular flexibility index (Phi) is 5.56. The summed E-state index contributed by atoms with van der Waals surface area (Å²) in [5.74, 6) is 1.07. The number of aromatic nitrogens is 2. The molecule has 1 fully saturated rings. The number of aryl methyl sites for hydroxylation is 3. The van der Waals surface area contributed by atoms with E-state index in [1.54, 1.807) is 11.1 Å². The molecule has 1 atom stereocenters. The summed E-state index contributed by atoms with van der Waals surface area (Å²) in [5.41, 5.74) is 5.18. The number of anilines is 2. The van der Waals surface area contributed by atoms with Crippen LogP contribution >= 0.6 is 0 Å². The van der Waals surface area contributed by atoms with Crippen molar-refractivity contribution in [3.8, 4) is 0 Å². The number of rotatable bonds is 4. The van der Waals surface area contributed by atoms with E-state index in [2.05, 4.69) is 10.3 Å². The van der Waals surface area contributed by atoms with Crippen LogP contribution in [0.4, 0.5) is 11.5 Å². The van der Waals surface area contributed by atoms with Crippen LogP contribution in [0.2, 0.25) is 0 Å². The summed E-state index contributed by atoms with van der Waals surface area (Å²) in [7, 11) is 0. The maximum atomic E-state index is 13.3. The zero-order valence-corrected chi connectivity index (χ0v) is 19.0. The Morgan fingerprint density at radius 2 is 1.97 bits per heavy atom. The fraction of sp³-hybridized carbons (Fsp3) is 0.269. The lowest BCUT2D eigenvalue weighted by atomic mass is 10.1. The summed E-state index contributed by atoms with van der Waals surface area (Å²) in [4.78, 5) is 24.2. The molecule has 0 radical (unpaired) electrons. The maximum absolute atomic E-state index is 13.3. The fourth-order valence-electron chi connectivity index (χ4n) is 4.22. The van der Waals surface area contributed by atoms with Gasteiger partial charge in [-0.3, -0.25) is 9.78 Å². The van der Waals surface area contributed by atoms with Crippen molar-refractivity contribution in [1.82, 2.24) is 14.9 Å². The average molecular weight is 443 g/mol. The van der Waals surface area contributed by atoms with Gasteiger partial charge in [0.1, 0.15) is 17.5 Å². The van der Waals surface area contributed by atoms with E-state index >= 15 is 0 Å². The smallest absolute Gasteiger partial charge is 0.290 e. The highest BCUT2D eigenvalue weighted by Crippen LogP contribution is 2.29. The normalized spacial score (nSPS) is 16.2. The molecule has 4 heterocycles. The molecule has 0 spiro atoms. The van der Waals surface area contributed by atoms with E-state index < -0.39 is 0 Å². The molecule has 0 unspecified atom stereocenters. The third kappa shape index (κ3) is 4.19. The molecule has 33 heavy (non-hydrogen) atoms. The molecule has 3 aromatic heterocycles. The van der Waals surface area contributed by atoms with E-state index in [1.165, 1.54) is 0 Å². The Balaban J connectivity index is 1.38. The van der Waals surface area contributed by atoms with Gasteiger partial charge in [0, 0.05) is 35.1 Å². The van der Waals surface area contributed by atoms with Gasteiger partial charge in [-0.05, 0) is 50.6 Å². The minimum absolute atomic E-state index is 0.118. The first-order valence-corrected chi connectivity index (χ1v) is 11.1. The number of nitrogens with zero attached hydrogens (tertiary/aromatic N) is 3. The van der Waals surface area contributed by atoms with Crippen LogP contribution < -0.4 is 5.32 Å². The molecule has 1 N–H and O–H groups in total. The third-order valence-electron chi connectivity index (χ3n) is 5.97. The first kappa shape index (κ1) is 21.2. The van der Waals surface area contributed by atoms with Crippen LogP contribution in [0.15, 0.2) is 59.1 Å². The van der Waals surface area contributed by atoms with E-state index in [1.807, 2.05) is 69.3 Å². The lowest BCUT2D eigenvalue weighted by Gasteiger charge is -2.32. The second-order valence-corrected chi connectivity index (χ2v) is 8.38. The summed E-state index contributed by atoms with van der Waals surface area (Å²) in [6, 6.07) is 15.6. The van der Waals surface area contributed by atoms with Crippen LogP contribution in [-0.2, 0) is 4.74 Å². The monoisotopic (exact) mass is 442 g/mol. The molecule has 1 saturated heterocycles.